The normalized spacial score (nSPS) is 22.4. The van der Waals surface area contributed by atoms with E-state index in [-0.39, 0.29) is 12.0 Å². The number of carbonyl (C=O) groups is 1. The molecule has 2 unspecified atom stereocenters. The van der Waals surface area contributed by atoms with Crippen LogP contribution < -0.4 is 5.32 Å². The van der Waals surface area contributed by atoms with Gasteiger partial charge in [-0.1, -0.05) is 6.92 Å². The Kier molecular flexibility index (Phi) is 6.60. The lowest BCUT2D eigenvalue weighted by atomic mass is 10.2. The Labute approximate surface area is 110 Å². The first kappa shape index (κ1) is 15.4. The second-order valence-electron chi connectivity index (χ2n) is 5.13. The van der Waals surface area contributed by atoms with Crippen molar-refractivity contribution in [1.29, 1.82) is 0 Å². The number of ether oxygens (including phenoxy) is 1. The lowest BCUT2D eigenvalue weighted by molar-refractivity contribution is -0.143. The maximum absolute atomic E-state index is 11.6. The summed E-state index contributed by atoms with van der Waals surface area (Å²) in [5.41, 5.74) is 0. The van der Waals surface area contributed by atoms with Gasteiger partial charge >= 0.3 is 5.97 Å². The van der Waals surface area contributed by atoms with E-state index in [4.69, 9.17) is 4.74 Å². The Hall–Kier alpha value is -0.650. The molecule has 1 rings (SSSR count). The predicted molar refractivity (Wildman–Crippen MR) is 72.6 cm³/mol. The summed E-state index contributed by atoms with van der Waals surface area (Å²) in [5.74, 6) is -0.153. The Balaban J connectivity index is 2.32. The number of likely N-dealkylation sites (tertiary alicyclic amines) is 1. The van der Waals surface area contributed by atoms with E-state index in [1.165, 1.54) is 13.5 Å². The van der Waals surface area contributed by atoms with Gasteiger partial charge in [0.2, 0.25) is 0 Å². The number of esters is 1. The molecule has 1 aliphatic rings. The highest BCUT2D eigenvalue weighted by Gasteiger charge is 2.25. The molecule has 0 amide bonds. The van der Waals surface area contributed by atoms with E-state index < -0.39 is 0 Å². The lowest BCUT2D eigenvalue weighted by Gasteiger charge is -2.22. The molecule has 18 heavy (non-hydrogen) atoms. The first-order valence-electron chi connectivity index (χ1n) is 6.78. The van der Waals surface area contributed by atoms with Crippen LogP contribution in [0.1, 0.15) is 19.8 Å². The molecule has 0 radical (unpaired) electrons. The summed E-state index contributed by atoms with van der Waals surface area (Å²) in [4.78, 5) is 16.3. The number of hydrogen-bond donors (Lipinski definition) is 1. The maximum Gasteiger partial charge on any atom is 0.322 e. The zero-order valence-corrected chi connectivity index (χ0v) is 12.1. The first-order valence-corrected chi connectivity index (χ1v) is 6.78. The highest BCUT2D eigenvalue weighted by atomic mass is 16.5. The minimum absolute atomic E-state index is 0.153. The molecule has 0 aromatic rings. The molecule has 1 N–H and O–H groups in total. The van der Waals surface area contributed by atoms with Crippen LogP contribution in [0.5, 0.6) is 0 Å². The van der Waals surface area contributed by atoms with Gasteiger partial charge < -0.3 is 19.9 Å². The number of rotatable bonds is 7. The van der Waals surface area contributed by atoms with Gasteiger partial charge in [0.1, 0.15) is 6.04 Å². The molecule has 0 aliphatic carbocycles. The molecule has 0 aromatic heterocycles. The Morgan fingerprint density at radius 1 is 1.56 bits per heavy atom. The molecule has 1 saturated heterocycles. The van der Waals surface area contributed by atoms with Gasteiger partial charge in [0, 0.05) is 19.1 Å². The molecule has 0 bridgehead atoms. The van der Waals surface area contributed by atoms with Crippen LogP contribution in [0.25, 0.3) is 0 Å². The topological polar surface area (TPSA) is 44.8 Å². The molecule has 1 fully saturated rings. The minimum Gasteiger partial charge on any atom is -0.468 e. The summed E-state index contributed by atoms with van der Waals surface area (Å²) < 4.78 is 4.81. The van der Waals surface area contributed by atoms with Crippen molar-refractivity contribution in [2.45, 2.75) is 31.8 Å². The number of methoxy groups -OCH3 is 1. The fourth-order valence-electron chi connectivity index (χ4n) is 2.44. The quantitative estimate of drug-likeness (QED) is 0.658. The van der Waals surface area contributed by atoms with Crippen molar-refractivity contribution < 1.29 is 9.53 Å². The van der Waals surface area contributed by atoms with Gasteiger partial charge in [-0.3, -0.25) is 4.79 Å². The summed E-state index contributed by atoms with van der Waals surface area (Å²) in [5, 5.41) is 3.18. The molecule has 1 aliphatic heterocycles. The summed E-state index contributed by atoms with van der Waals surface area (Å²) >= 11 is 0. The molecule has 1 heterocycles. The van der Waals surface area contributed by atoms with Gasteiger partial charge in [0.15, 0.2) is 0 Å². The standard InChI is InChI=1S/C13H27N3O2/c1-5-14-12(13(17)18-4)7-9-16-8-6-11(10-16)15(2)3/h11-12,14H,5-10H2,1-4H3. The molecule has 5 nitrogen and oxygen atoms in total. The van der Waals surface area contributed by atoms with Gasteiger partial charge in [-0.15, -0.1) is 0 Å². The van der Waals surface area contributed by atoms with Crippen molar-refractivity contribution in [1.82, 2.24) is 15.1 Å². The Bertz CT molecular complexity index is 259. The monoisotopic (exact) mass is 257 g/mol. The van der Waals surface area contributed by atoms with E-state index in [2.05, 4.69) is 29.2 Å². The molecule has 0 saturated carbocycles. The van der Waals surface area contributed by atoms with E-state index in [1.54, 1.807) is 0 Å². The highest BCUT2D eigenvalue weighted by Crippen LogP contribution is 2.13. The average molecular weight is 257 g/mol. The van der Waals surface area contributed by atoms with Crippen LogP contribution in [0.3, 0.4) is 0 Å². The third-order valence-electron chi connectivity index (χ3n) is 3.65. The van der Waals surface area contributed by atoms with E-state index in [1.807, 2.05) is 6.92 Å². The summed E-state index contributed by atoms with van der Waals surface area (Å²) in [6.45, 7) is 5.99. The van der Waals surface area contributed by atoms with Crippen molar-refractivity contribution in [3.05, 3.63) is 0 Å². The van der Waals surface area contributed by atoms with Crippen LogP contribution in [0.15, 0.2) is 0 Å². The predicted octanol–water partition coefficient (Wildman–Crippen LogP) is 0.164. The number of nitrogens with zero attached hydrogens (tertiary/aromatic N) is 2. The molecule has 0 spiro atoms. The summed E-state index contributed by atoms with van der Waals surface area (Å²) in [7, 11) is 5.71. The fraction of sp³-hybridized carbons (Fsp3) is 0.923. The van der Waals surface area contributed by atoms with Crippen molar-refractivity contribution in [2.75, 3.05) is 47.4 Å². The number of nitrogens with one attached hydrogen (secondary N) is 1. The van der Waals surface area contributed by atoms with Crippen molar-refractivity contribution >= 4 is 5.97 Å². The van der Waals surface area contributed by atoms with E-state index in [0.717, 1.165) is 32.6 Å². The second kappa shape index (κ2) is 7.71. The second-order valence-corrected chi connectivity index (χ2v) is 5.13. The molecular weight excluding hydrogens is 230 g/mol. The van der Waals surface area contributed by atoms with Gasteiger partial charge in [-0.2, -0.15) is 0 Å². The number of likely N-dealkylation sites (N-methyl/N-ethyl adjacent to an activating group) is 2. The van der Waals surface area contributed by atoms with Crippen LogP contribution >= 0.6 is 0 Å². The van der Waals surface area contributed by atoms with Crippen LogP contribution in [-0.4, -0.2) is 75.2 Å². The van der Waals surface area contributed by atoms with Gasteiger partial charge in [0.25, 0.3) is 0 Å². The number of carbonyl (C=O) groups excluding carboxylic acids is 1. The van der Waals surface area contributed by atoms with Crippen molar-refractivity contribution in [3.63, 3.8) is 0 Å². The van der Waals surface area contributed by atoms with Crippen LogP contribution in [0.4, 0.5) is 0 Å². The SMILES string of the molecule is CCNC(CCN1CCC(N(C)C)C1)C(=O)OC. The number of hydrogen-bond acceptors (Lipinski definition) is 5. The Morgan fingerprint density at radius 3 is 2.78 bits per heavy atom. The molecule has 106 valence electrons. The van der Waals surface area contributed by atoms with E-state index in [9.17, 15) is 4.79 Å². The summed E-state index contributed by atoms with van der Waals surface area (Å²) in [6, 6.07) is 0.485. The van der Waals surface area contributed by atoms with E-state index >= 15 is 0 Å². The molecule has 0 aromatic carbocycles. The van der Waals surface area contributed by atoms with Crippen LogP contribution in [0.2, 0.25) is 0 Å². The smallest absolute Gasteiger partial charge is 0.322 e. The van der Waals surface area contributed by atoms with Crippen molar-refractivity contribution in [3.8, 4) is 0 Å². The zero-order valence-electron chi connectivity index (χ0n) is 12.1. The summed E-state index contributed by atoms with van der Waals surface area (Å²) in [6.07, 6.45) is 2.04. The van der Waals surface area contributed by atoms with Gasteiger partial charge in [-0.05, 0) is 40.0 Å². The van der Waals surface area contributed by atoms with Crippen molar-refractivity contribution in [2.24, 2.45) is 0 Å². The zero-order chi connectivity index (χ0) is 13.5. The molecular formula is C13H27N3O2. The third-order valence-corrected chi connectivity index (χ3v) is 3.65. The molecule has 2 atom stereocenters. The first-order chi connectivity index (χ1) is 8.58. The van der Waals surface area contributed by atoms with Gasteiger partial charge in [-0.25, -0.2) is 0 Å². The fourth-order valence-corrected chi connectivity index (χ4v) is 2.44. The maximum atomic E-state index is 11.6. The van der Waals surface area contributed by atoms with Crippen LogP contribution in [-0.2, 0) is 9.53 Å². The van der Waals surface area contributed by atoms with E-state index in [0.29, 0.717) is 6.04 Å². The lowest BCUT2D eigenvalue weighted by Crippen LogP contribution is -2.40. The van der Waals surface area contributed by atoms with Crippen LogP contribution in [0, 0.1) is 0 Å². The van der Waals surface area contributed by atoms with Gasteiger partial charge in [0.05, 0.1) is 7.11 Å². The minimum atomic E-state index is -0.168. The average Bonchev–Trinajstić information content (AvgIpc) is 2.82. The Morgan fingerprint density at radius 2 is 2.28 bits per heavy atom. The molecule has 5 heteroatoms. The highest BCUT2D eigenvalue weighted by molar-refractivity contribution is 5.75. The largest absolute Gasteiger partial charge is 0.468 e. The third kappa shape index (κ3) is 4.55.